The van der Waals surface area contributed by atoms with Crippen LogP contribution in [0.5, 0.6) is 0 Å². The maximum absolute atomic E-state index is 10.7. The fourth-order valence-electron chi connectivity index (χ4n) is 0.992. The summed E-state index contributed by atoms with van der Waals surface area (Å²) in [6.07, 6.45) is 0.684. The van der Waals surface area contributed by atoms with Crippen LogP contribution >= 0.6 is 11.6 Å². The number of alkyl halides is 1. The van der Waals surface area contributed by atoms with Crippen molar-refractivity contribution in [3.63, 3.8) is 0 Å². The van der Waals surface area contributed by atoms with Gasteiger partial charge in [-0.15, -0.1) is 11.6 Å². The molecule has 0 aliphatic carbocycles. The normalized spacial score (nSPS) is 9.57. The molecular weight excluding hydrogens is 204 g/mol. The lowest BCUT2D eigenvalue weighted by molar-refractivity contribution is -0.114. The summed E-state index contributed by atoms with van der Waals surface area (Å²) >= 11 is 5.57. The van der Waals surface area contributed by atoms with E-state index < -0.39 is 0 Å². The Bertz CT molecular complexity index is 366. The van der Waals surface area contributed by atoms with Crippen LogP contribution in [0.4, 0.5) is 5.82 Å². The molecule has 0 aliphatic heterocycles. The first-order valence-corrected chi connectivity index (χ1v) is 4.49. The van der Waals surface area contributed by atoms with E-state index in [1.54, 1.807) is 6.07 Å². The fourth-order valence-corrected chi connectivity index (χ4v) is 1.13. The molecule has 0 radical (unpaired) electrons. The molecule has 1 aromatic heterocycles. The number of amides is 1. The van der Waals surface area contributed by atoms with Crippen molar-refractivity contribution in [3.05, 3.63) is 23.4 Å². The van der Waals surface area contributed by atoms with Crippen LogP contribution in [0.15, 0.2) is 12.1 Å². The van der Waals surface area contributed by atoms with Crippen LogP contribution in [-0.4, -0.2) is 17.2 Å². The van der Waals surface area contributed by atoms with Crippen molar-refractivity contribution in [1.82, 2.24) is 4.98 Å². The molecule has 4 nitrogen and oxygen atoms in total. The highest BCUT2D eigenvalue weighted by molar-refractivity contribution is 6.17. The molecule has 1 amide bonds. The molecule has 0 atom stereocenters. The predicted molar refractivity (Wildman–Crippen MR) is 53.5 cm³/mol. The fraction of sp³-hybridized carbons (Fsp3) is 0.222. The Hall–Kier alpha value is -1.42. The summed E-state index contributed by atoms with van der Waals surface area (Å²) < 4.78 is 0. The first-order chi connectivity index (χ1) is 6.65. The molecular formula is C9H9ClN2O2. The van der Waals surface area contributed by atoms with E-state index >= 15 is 0 Å². The van der Waals surface area contributed by atoms with Crippen molar-refractivity contribution in [2.45, 2.75) is 12.8 Å². The second kappa shape index (κ2) is 4.72. The minimum absolute atomic E-state index is 0.203. The van der Waals surface area contributed by atoms with Crippen molar-refractivity contribution < 1.29 is 9.59 Å². The molecule has 0 unspecified atom stereocenters. The molecule has 1 aromatic rings. The van der Waals surface area contributed by atoms with Gasteiger partial charge in [0.15, 0.2) is 0 Å². The van der Waals surface area contributed by atoms with E-state index in [-0.39, 0.29) is 11.8 Å². The molecule has 0 fully saturated rings. The van der Waals surface area contributed by atoms with E-state index in [1.807, 2.05) is 0 Å². The first-order valence-electron chi connectivity index (χ1n) is 3.95. The monoisotopic (exact) mass is 212 g/mol. The van der Waals surface area contributed by atoms with E-state index in [0.717, 1.165) is 0 Å². The van der Waals surface area contributed by atoms with Gasteiger partial charge in [0.2, 0.25) is 5.91 Å². The third-order valence-corrected chi connectivity index (χ3v) is 1.75. The van der Waals surface area contributed by atoms with Crippen LogP contribution in [0.3, 0.4) is 0 Å². The van der Waals surface area contributed by atoms with Crippen LogP contribution in [0, 0.1) is 0 Å². The minimum atomic E-state index is -0.235. The summed E-state index contributed by atoms with van der Waals surface area (Å²) in [6.45, 7) is 1.37. The minimum Gasteiger partial charge on any atom is -0.311 e. The van der Waals surface area contributed by atoms with Gasteiger partial charge >= 0.3 is 0 Å². The van der Waals surface area contributed by atoms with E-state index in [2.05, 4.69) is 10.3 Å². The summed E-state index contributed by atoms with van der Waals surface area (Å²) in [7, 11) is 0. The predicted octanol–water partition coefficient (Wildman–Crippen LogP) is 1.59. The van der Waals surface area contributed by atoms with Gasteiger partial charge in [0.1, 0.15) is 12.1 Å². The van der Waals surface area contributed by atoms with Gasteiger partial charge in [-0.25, -0.2) is 4.98 Å². The number of hydrogen-bond donors (Lipinski definition) is 1. The summed E-state index contributed by atoms with van der Waals surface area (Å²) in [6, 6.07) is 3.07. The SMILES string of the molecule is CC(=O)Nc1cc(C=O)cc(CCl)n1. The Morgan fingerprint density at radius 2 is 2.36 bits per heavy atom. The lowest BCUT2D eigenvalue weighted by Crippen LogP contribution is -2.08. The number of hydrogen-bond acceptors (Lipinski definition) is 3. The van der Waals surface area contributed by atoms with Gasteiger partial charge in [-0.05, 0) is 12.1 Å². The number of nitrogens with zero attached hydrogens (tertiary/aromatic N) is 1. The van der Waals surface area contributed by atoms with Crippen LogP contribution in [0.2, 0.25) is 0 Å². The zero-order chi connectivity index (χ0) is 10.6. The van der Waals surface area contributed by atoms with Crippen LogP contribution < -0.4 is 5.32 Å². The Morgan fingerprint density at radius 1 is 1.64 bits per heavy atom. The van der Waals surface area contributed by atoms with Crippen molar-refractivity contribution >= 4 is 29.6 Å². The van der Waals surface area contributed by atoms with E-state index in [1.165, 1.54) is 13.0 Å². The molecule has 0 bridgehead atoms. The van der Waals surface area contributed by atoms with Gasteiger partial charge in [-0.2, -0.15) is 0 Å². The second-order valence-corrected chi connectivity index (χ2v) is 2.98. The number of aldehydes is 1. The second-order valence-electron chi connectivity index (χ2n) is 2.71. The lowest BCUT2D eigenvalue weighted by atomic mass is 10.2. The van der Waals surface area contributed by atoms with Gasteiger partial charge in [0.05, 0.1) is 11.6 Å². The highest BCUT2D eigenvalue weighted by Crippen LogP contribution is 2.10. The third kappa shape index (κ3) is 2.81. The van der Waals surface area contributed by atoms with E-state index in [0.29, 0.717) is 23.4 Å². The van der Waals surface area contributed by atoms with Crippen molar-refractivity contribution in [2.24, 2.45) is 0 Å². The highest BCUT2D eigenvalue weighted by atomic mass is 35.5. The number of pyridine rings is 1. The summed E-state index contributed by atoms with van der Waals surface area (Å²) in [5, 5.41) is 2.49. The standard InChI is InChI=1S/C9H9ClN2O2/c1-6(14)11-9-3-7(5-13)2-8(4-10)12-9/h2-3,5H,4H2,1H3,(H,11,12,14). The first kappa shape index (κ1) is 10.7. The molecule has 14 heavy (non-hydrogen) atoms. The quantitative estimate of drug-likeness (QED) is 0.612. The Morgan fingerprint density at radius 3 is 2.86 bits per heavy atom. The van der Waals surface area contributed by atoms with E-state index in [9.17, 15) is 9.59 Å². The molecule has 0 saturated heterocycles. The van der Waals surface area contributed by atoms with Crippen LogP contribution in [0.25, 0.3) is 0 Å². The molecule has 0 aliphatic rings. The number of halogens is 1. The average Bonchev–Trinajstić information content (AvgIpc) is 2.16. The summed E-state index contributed by atoms with van der Waals surface area (Å²) in [4.78, 5) is 25.3. The van der Waals surface area contributed by atoms with Crippen molar-refractivity contribution in [3.8, 4) is 0 Å². The maximum atomic E-state index is 10.7. The summed E-state index contributed by atoms with van der Waals surface area (Å²) in [5.74, 6) is 0.313. The van der Waals surface area contributed by atoms with Gasteiger partial charge in [-0.3, -0.25) is 9.59 Å². The molecule has 0 aromatic carbocycles. The average molecular weight is 213 g/mol. The maximum Gasteiger partial charge on any atom is 0.222 e. The zero-order valence-electron chi connectivity index (χ0n) is 7.58. The van der Waals surface area contributed by atoms with Gasteiger partial charge in [-0.1, -0.05) is 0 Å². The molecule has 1 N–H and O–H groups in total. The number of aromatic nitrogens is 1. The Labute approximate surface area is 86.3 Å². The van der Waals surface area contributed by atoms with E-state index in [4.69, 9.17) is 11.6 Å². The van der Waals surface area contributed by atoms with Crippen LogP contribution in [0.1, 0.15) is 23.0 Å². The molecule has 74 valence electrons. The van der Waals surface area contributed by atoms with Crippen LogP contribution in [-0.2, 0) is 10.7 Å². The number of rotatable bonds is 3. The molecule has 1 heterocycles. The third-order valence-electron chi connectivity index (χ3n) is 1.48. The van der Waals surface area contributed by atoms with Gasteiger partial charge < -0.3 is 5.32 Å². The Kier molecular flexibility index (Phi) is 3.59. The number of anilines is 1. The van der Waals surface area contributed by atoms with Gasteiger partial charge in [0, 0.05) is 12.5 Å². The topological polar surface area (TPSA) is 59.1 Å². The smallest absolute Gasteiger partial charge is 0.222 e. The lowest BCUT2D eigenvalue weighted by Gasteiger charge is -2.03. The number of carbonyl (C=O) groups excluding carboxylic acids is 2. The largest absolute Gasteiger partial charge is 0.311 e. The molecule has 0 spiro atoms. The van der Waals surface area contributed by atoms with Crippen molar-refractivity contribution in [1.29, 1.82) is 0 Å². The molecule has 5 heteroatoms. The Balaban J connectivity index is 3.03. The zero-order valence-corrected chi connectivity index (χ0v) is 8.34. The molecule has 0 saturated carbocycles. The number of carbonyl (C=O) groups is 2. The van der Waals surface area contributed by atoms with Gasteiger partial charge in [0.25, 0.3) is 0 Å². The van der Waals surface area contributed by atoms with Crippen molar-refractivity contribution in [2.75, 3.05) is 5.32 Å². The highest BCUT2D eigenvalue weighted by Gasteiger charge is 2.02. The molecule has 1 rings (SSSR count). The summed E-state index contributed by atoms with van der Waals surface area (Å²) in [5.41, 5.74) is 0.999. The number of nitrogens with one attached hydrogen (secondary N) is 1.